The van der Waals surface area contributed by atoms with Crippen molar-refractivity contribution in [2.75, 3.05) is 0 Å². The number of hydrogen-bond acceptors (Lipinski definition) is 4. The largest absolute Gasteiger partial charge is 0.462 e. The Bertz CT molecular complexity index is 886. The predicted octanol–water partition coefficient (Wildman–Crippen LogP) is 3.95. The van der Waals surface area contributed by atoms with Crippen LogP contribution in [0.5, 0.6) is 0 Å². The van der Waals surface area contributed by atoms with Crippen LogP contribution in [0.25, 0.3) is 33.4 Å². The molecule has 0 bridgehead atoms. The molecule has 4 heteroatoms. The highest BCUT2D eigenvalue weighted by Gasteiger charge is 2.10. The van der Waals surface area contributed by atoms with E-state index < -0.39 is 0 Å². The lowest BCUT2D eigenvalue weighted by atomic mass is 10.1. The summed E-state index contributed by atoms with van der Waals surface area (Å²) in [5, 5.41) is 0. The Morgan fingerprint density at radius 1 is 0.762 bits per heavy atom. The first-order valence-electron chi connectivity index (χ1n) is 6.60. The Labute approximate surface area is 121 Å². The minimum absolute atomic E-state index is 0.774. The zero-order chi connectivity index (χ0) is 14.1. The van der Waals surface area contributed by atoms with E-state index in [9.17, 15) is 0 Å². The summed E-state index contributed by atoms with van der Waals surface area (Å²) >= 11 is 0. The van der Waals surface area contributed by atoms with Crippen molar-refractivity contribution in [3.8, 4) is 22.3 Å². The maximum Gasteiger partial charge on any atom is 0.153 e. The highest BCUT2D eigenvalue weighted by molar-refractivity contribution is 5.92. The van der Waals surface area contributed by atoms with Gasteiger partial charge in [0.05, 0.1) is 0 Å². The van der Waals surface area contributed by atoms with Crippen molar-refractivity contribution in [3.63, 3.8) is 0 Å². The molecule has 0 spiro atoms. The molecule has 0 N–H and O–H groups in total. The molecule has 0 radical (unpaired) electrons. The van der Waals surface area contributed by atoms with Crippen LogP contribution in [0.3, 0.4) is 0 Å². The van der Waals surface area contributed by atoms with E-state index in [1.165, 1.54) is 0 Å². The molecule has 0 aromatic carbocycles. The van der Waals surface area contributed by atoms with Gasteiger partial charge < -0.3 is 4.42 Å². The first-order chi connectivity index (χ1) is 10.4. The zero-order valence-electron chi connectivity index (χ0n) is 11.1. The van der Waals surface area contributed by atoms with Gasteiger partial charge in [0.1, 0.15) is 11.8 Å². The average Bonchev–Trinajstić information content (AvgIpc) is 2.99. The summed E-state index contributed by atoms with van der Waals surface area (Å²) < 4.78 is 5.67. The van der Waals surface area contributed by atoms with E-state index in [1.54, 1.807) is 31.1 Å². The Morgan fingerprint density at radius 2 is 1.43 bits per heavy atom. The van der Waals surface area contributed by atoms with Crippen molar-refractivity contribution < 1.29 is 4.42 Å². The lowest BCUT2D eigenvalue weighted by Gasteiger charge is -2.01. The third-order valence-electron chi connectivity index (χ3n) is 3.42. The third kappa shape index (κ3) is 2.07. The molecule has 0 unspecified atom stereocenters. The minimum atomic E-state index is 0.774. The summed E-state index contributed by atoms with van der Waals surface area (Å²) in [7, 11) is 0. The van der Waals surface area contributed by atoms with Gasteiger partial charge in [0.2, 0.25) is 0 Å². The molecular weight excluding hydrogens is 262 g/mol. The van der Waals surface area contributed by atoms with E-state index in [2.05, 4.69) is 15.0 Å². The van der Waals surface area contributed by atoms with Gasteiger partial charge in [-0.25, -0.2) is 0 Å². The molecule has 4 aromatic rings. The van der Waals surface area contributed by atoms with Gasteiger partial charge in [0, 0.05) is 42.1 Å². The maximum absolute atomic E-state index is 5.67. The molecule has 0 amide bonds. The van der Waals surface area contributed by atoms with Gasteiger partial charge in [0.15, 0.2) is 5.58 Å². The molecule has 0 atom stereocenters. The number of aromatic nitrogens is 3. The predicted molar refractivity (Wildman–Crippen MR) is 80.5 cm³/mol. The van der Waals surface area contributed by atoms with E-state index in [0.29, 0.717) is 0 Å². The number of fused-ring (bicyclic) bond motifs is 1. The lowest BCUT2D eigenvalue weighted by molar-refractivity contribution is 0.616. The molecule has 0 aliphatic rings. The Hall–Kier alpha value is -3.01. The van der Waals surface area contributed by atoms with Gasteiger partial charge in [-0.3, -0.25) is 15.0 Å². The molecule has 0 fully saturated rings. The van der Waals surface area contributed by atoms with Crippen molar-refractivity contribution in [2.45, 2.75) is 0 Å². The number of nitrogens with zero attached hydrogens (tertiary/aromatic N) is 3. The van der Waals surface area contributed by atoms with Crippen LogP contribution in [0.4, 0.5) is 0 Å². The van der Waals surface area contributed by atoms with E-state index in [4.69, 9.17) is 4.42 Å². The summed E-state index contributed by atoms with van der Waals surface area (Å²) in [6.45, 7) is 0. The normalized spacial score (nSPS) is 10.9. The quantitative estimate of drug-likeness (QED) is 0.555. The number of pyridine rings is 3. The molecule has 0 saturated heterocycles. The standard InChI is InChI=1S/C17H11N3O/c1-5-18-6-2-12(1)14-9-16-17(20-10-14)15(11-21-16)13-3-7-19-8-4-13/h1-11H. The van der Waals surface area contributed by atoms with Gasteiger partial charge in [0.25, 0.3) is 0 Å². The number of rotatable bonds is 2. The van der Waals surface area contributed by atoms with E-state index in [0.717, 1.165) is 33.4 Å². The SMILES string of the molecule is c1cc(-c2cnc3c(-c4ccncc4)coc3c2)ccn1. The van der Waals surface area contributed by atoms with Crippen molar-refractivity contribution in [2.24, 2.45) is 0 Å². The van der Waals surface area contributed by atoms with Gasteiger partial charge in [-0.2, -0.15) is 0 Å². The summed E-state index contributed by atoms with van der Waals surface area (Å²) in [5.41, 5.74) is 5.75. The van der Waals surface area contributed by atoms with Crippen LogP contribution in [0.15, 0.2) is 72.0 Å². The summed E-state index contributed by atoms with van der Waals surface area (Å²) in [5.74, 6) is 0. The van der Waals surface area contributed by atoms with Crippen LogP contribution in [-0.2, 0) is 0 Å². The molecule has 0 saturated carbocycles. The van der Waals surface area contributed by atoms with Gasteiger partial charge in [-0.05, 0) is 41.5 Å². The molecular formula is C17H11N3O. The van der Waals surface area contributed by atoms with Gasteiger partial charge >= 0.3 is 0 Å². The van der Waals surface area contributed by atoms with Crippen molar-refractivity contribution in [1.29, 1.82) is 0 Å². The summed E-state index contributed by atoms with van der Waals surface area (Å²) in [6.07, 6.45) is 10.7. The van der Waals surface area contributed by atoms with Gasteiger partial charge in [-0.15, -0.1) is 0 Å². The van der Waals surface area contributed by atoms with Crippen LogP contribution in [-0.4, -0.2) is 15.0 Å². The van der Waals surface area contributed by atoms with E-state index >= 15 is 0 Å². The summed E-state index contributed by atoms with van der Waals surface area (Å²) in [4.78, 5) is 12.6. The lowest BCUT2D eigenvalue weighted by Crippen LogP contribution is -1.83. The smallest absolute Gasteiger partial charge is 0.153 e. The molecule has 21 heavy (non-hydrogen) atoms. The maximum atomic E-state index is 5.67. The Morgan fingerprint density at radius 3 is 2.14 bits per heavy atom. The highest BCUT2D eigenvalue weighted by Crippen LogP contribution is 2.31. The molecule has 0 aliphatic carbocycles. The first kappa shape index (κ1) is 11.8. The van der Waals surface area contributed by atoms with Crippen LogP contribution in [0, 0.1) is 0 Å². The Kier molecular flexibility index (Phi) is 2.71. The topological polar surface area (TPSA) is 51.8 Å². The molecule has 4 aromatic heterocycles. The van der Waals surface area contributed by atoms with Crippen LogP contribution in [0.2, 0.25) is 0 Å². The second-order valence-electron chi connectivity index (χ2n) is 4.69. The van der Waals surface area contributed by atoms with Crippen LogP contribution >= 0.6 is 0 Å². The fraction of sp³-hybridized carbons (Fsp3) is 0. The van der Waals surface area contributed by atoms with E-state index in [1.807, 2.05) is 36.5 Å². The third-order valence-corrected chi connectivity index (χ3v) is 3.42. The molecule has 100 valence electrons. The van der Waals surface area contributed by atoms with Crippen LogP contribution in [0.1, 0.15) is 0 Å². The van der Waals surface area contributed by atoms with Crippen molar-refractivity contribution >= 4 is 11.1 Å². The monoisotopic (exact) mass is 273 g/mol. The van der Waals surface area contributed by atoms with Crippen LogP contribution < -0.4 is 0 Å². The second kappa shape index (κ2) is 4.83. The summed E-state index contributed by atoms with van der Waals surface area (Å²) in [6, 6.07) is 9.80. The van der Waals surface area contributed by atoms with Gasteiger partial charge in [-0.1, -0.05) is 0 Å². The first-order valence-corrected chi connectivity index (χ1v) is 6.60. The molecule has 4 nitrogen and oxygen atoms in total. The van der Waals surface area contributed by atoms with Crippen molar-refractivity contribution in [3.05, 3.63) is 67.6 Å². The molecule has 4 rings (SSSR count). The Balaban J connectivity index is 1.85. The molecule has 4 heterocycles. The average molecular weight is 273 g/mol. The second-order valence-corrected chi connectivity index (χ2v) is 4.69. The van der Waals surface area contributed by atoms with Crippen molar-refractivity contribution in [1.82, 2.24) is 15.0 Å². The fourth-order valence-electron chi connectivity index (χ4n) is 2.35. The minimum Gasteiger partial charge on any atom is -0.462 e. The number of furan rings is 1. The number of hydrogen-bond donors (Lipinski definition) is 0. The highest BCUT2D eigenvalue weighted by atomic mass is 16.3. The van der Waals surface area contributed by atoms with E-state index in [-0.39, 0.29) is 0 Å². The zero-order valence-corrected chi connectivity index (χ0v) is 11.1. The molecule has 0 aliphatic heterocycles. The fourth-order valence-corrected chi connectivity index (χ4v) is 2.35.